The molecule has 2 atom stereocenters. The number of fused-ring (bicyclic) bond motifs is 1. The molecular formula is C29H32ClN5O2. The molecule has 3 heterocycles. The van der Waals surface area contributed by atoms with Gasteiger partial charge in [-0.15, -0.1) is 0 Å². The number of nitrogens with one attached hydrogen (secondary N) is 1. The Balaban J connectivity index is 1.38. The van der Waals surface area contributed by atoms with E-state index in [1.165, 1.54) is 6.42 Å². The average molecular weight is 518 g/mol. The summed E-state index contributed by atoms with van der Waals surface area (Å²) >= 11 is 6.56. The van der Waals surface area contributed by atoms with Gasteiger partial charge in [0.25, 0.3) is 0 Å². The number of carbonyl (C=O) groups is 1. The first-order valence-electron chi connectivity index (χ1n) is 12.8. The summed E-state index contributed by atoms with van der Waals surface area (Å²) in [6, 6.07) is 9.99. The monoisotopic (exact) mass is 517 g/mol. The molecule has 0 spiro atoms. The second-order valence-electron chi connectivity index (χ2n) is 9.94. The number of hydrogen-bond acceptors (Lipinski definition) is 5. The first kappa shape index (κ1) is 25.2. The summed E-state index contributed by atoms with van der Waals surface area (Å²) in [7, 11) is 1.93. The molecule has 1 aliphatic rings. The first-order chi connectivity index (χ1) is 17.9. The lowest BCUT2D eigenvalue weighted by Crippen LogP contribution is -2.35. The number of carbonyl (C=O) groups excluding carboxylic acids is 1. The Morgan fingerprint density at radius 3 is 2.84 bits per heavy atom. The number of pyridine rings is 2. The van der Waals surface area contributed by atoms with Crippen molar-refractivity contribution < 1.29 is 9.53 Å². The van der Waals surface area contributed by atoms with Crippen LogP contribution in [0, 0.1) is 18.8 Å². The number of nitrogens with zero attached hydrogens (tertiary/aromatic N) is 4. The third-order valence-electron chi connectivity index (χ3n) is 7.39. The third kappa shape index (κ3) is 5.32. The number of halogens is 1. The van der Waals surface area contributed by atoms with Gasteiger partial charge in [0.05, 0.1) is 10.7 Å². The van der Waals surface area contributed by atoms with Gasteiger partial charge < -0.3 is 10.1 Å². The number of hydrogen-bond donors (Lipinski definition) is 1. The van der Waals surface area contributed by atoms with Crippen molar-refractivity contribution in [2.24, 2.45) is 18.9 Å². The lowest BCUT2D eigenvalue weighted by molar-refractivity contribution is -0.127. The lowest BCUT2D eigenvalue weighted by atomic mass is 9.80. The molecule has 0 saturated heterocycles. The second kappa shape index (κ2) is 10.9. The normalized spacial score (nSPS) is 17.6. The van der Waals surface area contributed by atoms with Gasteiger partial charge in [-0.1, -0.05) is 43.5 Å². The predicted octanol–water partition coefficient (Wildman–Crippen LogP) is 6.01. The van der Waals surface area contributed by atoms with Crippen LogP contribution in [-0.2, 0) is 25.0 Å². The Bertz CT molecular complexity index is 1430. The predicted molar refractivity (Wildman–Crippen MR) is 145 cm³/mol. The molecule has 1 aromatic carbocycles. The fourth-order valence-electron chi connectivity index (χ4n) is 5.30. The van der Waals surface area contributed by atoms with Gasteiger partial charge in [0.2, 0.25) is 5.91 Å². The van der Waals surface area contributed by atoms with Gasteiger partial charge in [-0.2, -0.15) is 5.10 Å². The average Bonchev–Trinajstić information content (AvgIpc) is 3.32. The van der Waals surface area contributed by atoms with Crippen molar-refractivity contribution in [1.82, 2.24) is 25.1 Å². The Kier molecular flexibility index (Phi) is 7.42. The van der Waals surface area contributed by atoms with Crippen molar-refractivity contribution >= 4 is 28.4 Å². The van der Waals surface area contributed by atoms with Crippen LogP contribution in [0.3, 0.4) is 0 Å². The molecule has 0 radical (unpaired) electrons. The van der Waals surface area contributed by atoms with Crippen molar-refractivity contribution in [3.05, 3.63) is 70.8 Å². The maximum Gasteiger partial charge on any atom is 0.223 e. The van der Waals surface area contributed by atoms with Crippen molar-refractivity contribution in [3.8, 4) is 17.0 Å². The molecule has 0 bridgehead atoms. The number of aromatic nitrogens is 4. The zero-order valence-corrected chi connectivity index (χ0v) is 22.3. The highest BCUT2D eigenvalue weighted by molar-refractivity contribution is 6.31. The minimum Gasteiger partial charge on any atom is -0.487 e. The molecule has 4 aromatic rings. The van der Waals surface area contributed by atoms with Crippen molar-refractivity contribution in [1.29, 1.82) is 0 Å². The van der Waals surface area contributed by atoms with Crippen LogP contribution in [0.2, 0.25) is 5.02 Å². The van der Waals surface area contributed by atoms with E-state index in [9.17, 15) is 4.79 Å². The number of ether oxygens (including phenoxy) is 1. The Morgan fingerprint density at radius 1 is 1.22 bits per heavy atom. The van der Waals surface area contributed by atoms with E-state index < -0.39 is 0 Å². The molecule has 8 heteroatoms. The molecule has 2 unspecified atom stereocenters. The van der Waals surface area contributed by atoms with Gasteiger partial charge in [0, 0.05) is 60.3 Å². The van der Waals surface area contributed by atoms with Crippen molar-refractivity contribution in [3.63, 3.8) is 0 Å². The van der Waals surface area contributed by atoms with Crippen LogP contribution in [0.4, 0.5) is 0 Å². The summed E-state index contributed by atoms with van der Waals surface area (Å²) in [5, 5.41) is 8.94. The number of aryl methyl sites for hydroxylation is 2. The van der Waals surface area contributed by atoms with Gasteiger partial charge in [-0.25, -0.2) is 4.98 Å². The summed E-state index contributed by atoms with van der Waals surface area (Å²) in [4.78, 5) is 21.9. The first-order valence-corrected chi connectivity index (χ1v) is 13.2. The van der Waals surface area contributed by atoms with Crippen LogP contribution < -0.4 is 10.1 Å². The van der Waals surface area contributed by atoms with Gasteiger partial charge in [-0.3, -0.25) is 14.5 Å². The zero-order chi connectivity index (χ0) is 25.9. The summed E-state index contributed by atoms with van der Waals surface area (Å²) in [6.07, 6.45) is 9.53. The molecule has 1 N–H and O–H groups in total. The quantitative estimate of drug-likeness (QED) is 0.324. The maximum atomic E-state index is 12.9. The van der Waals surface area contributed by atoms with Gasteiger partial charge >= 0.3 is 0 Å². The van der Waals surface area contributed by atoms with E-state index in [1.807, 2.05) is 42.9 Å². The maximum absolute atomic E-state index is 12.9. The number of amides is 1. The fraction of sp³-hybridized carbons (Fsp3) is 0.379. The smallest absolute Gasteiger partial charge is 0.223 e. The number of benzene rings is 1. The van der Waals surface area contributed by atoms with Gasteiger partial charge in [0.15, 0.2) is 0 Å². The zero-order valence-electron chi connectivity index (χ0n) is 21.5. The van der Waals surface area contributed by atoms with Gasteiger partial charge in [0.1, 0.15) is 17.9 Å². The molecule has 1 fully saturated rings. The standard InChI is InChI=1S/C29H32ClN5O2/c1-18-7-4-5-8-21(18)29(36)32-15-20-14-31-16-25(30)24(20)17-37-27-10-6-9-22-23(13-19(2)34-28(22)27)26-11-12-33-35(26)3/h6,9-14,16,18,21H,4-5,7-8,15,17H2,1-3H3,(H,32,36). The fourth-order valence-corrected chi connectivity index (χ4v) is 5.53. The molecule has 5 rings (SSSR count). The molecule has 1 amide bonds. The van der Waals surface area contributed by atoms with Crippen molar-refractivity contribution in [2.75, 3.05) is 0 Å². The molecule has 1 aliphatic carbocycles. The van der Waals surface area contributed by atoms with Crippen LogP contribution in [0.1, 0.15) is 49.4 Å². The van der Waals surface area contributed by atoms with Gasteiger partial charge in [-0.05, 0) is 49.4 Å². The Hall–Kier alpha value is -3.45. The highest BCUT2D eigenvalue weighted by Gasteiger charge is 2.27. The van der Waals surface area contributed by atoms with Crippen LogP contribution in [0.25, 0.3) is 22.2 Å². The van der Waals surface area contributed by atoms with E-state index >= 15 is 0 Å². The topological polar surface area (TPSA) is 81.9 Å². The minimum atomic E-state index is 0.0687. The highest BCUT2D eigenvalue weighted by Crippen LogP contribution is 2.34. The molecule has 1 saturated carbocycles. The Morgan fingerprint density at radius 2 is 2.05 bits per heavy atom. The minimum absolute atomic E-state index is 0.0687. The van der Waals surface area contributed by atoms with Crippen LogP contribution in [-0.4, -0.2) is 25.7 Å². The summed E-state index contributed by atoms with van der Waals surface area (Å²) in [6.45, 7) is 4.75. The van der Waals surface area contributed by atoms with E-state index in [1.54, 1.807) is 18.6 Å². The largest absolute Gasteiger partial charge is 0.487 e. The van der Waals surface area contributed by atoms with E-state index in [-0.39, 0.29) is 18.4 Å². The second-order valence-corrected chi connectivity index (χ2v) is 10.3. The summed E-state index contributed by atoms with van der Waals surface area (Å²) < 4.78 is 8.17. The highest BCUT2D eigenvalue weighted by atomic mass is 35.5. The molecule has 37 heavy (non-hydrogen) atoms. The van der Waals surface area contributed by atoms with E-state index in [4.69, 9.17) is 21.3 Å². The summed E-state index contributed by atoms with van der Waals surface area (Å²) in [5.74, 6) is 1.26. The van der Waals surface area contributed by atoms with E-state index in [0.29, 0.717) is 23.2 Å². The van der Waals surface area contributed by atoms with Crippen LogP contribution in [0.5, 0.6) is 5.75 Å². The molecular weight excluding hydrogens is 486 g/mol. The number of rotatable bonds is 7. The van der Waals surface area contributed by atoms with Crippen LogP contribution in [0.15, 0.2) is 48.9 Å². The lowest BCUT2D eigenvalue weighted by Gasteiger charge is -2.27. The SMILES string of the molecule is Cc1cc(-c2ccnn2C)c2cccc(OCc3c(Cl)cncc3CNC(=O)C3CCCCC3C)c2n1. The number of para-hydroxylation sites is 1. The summed E-state index contributed by atoms with van der Waals surface area (Å²) in [5.41, 5.74) is 5.40. The molecule has 0 aliphatic heterocycles. The Labute approximate surface area is 222 Å². The molecule has 7 nitrogen and oxygen atoms in total. The van der Waals surface area contributed by atoms with Crippen molar-refractivity contribution in [2.45, 2.75) is 52.7 Å². The third-order valence-corrected chi connectivity index (χ3v) is 7.72. The van der Waals surface area contributed by atoms with Crippen LogP contribution >= 0.6 is 11.6 Å². The molecule has 192 valence electrons. The van der Waals surface area contributed by atoms with E-state index in [0.717, 1.165) is 58.2 Å². The van der Waals surface area contributed by atoms with E-state index in [2.05, 4.69) is 28.4 Å². The molecule has 3 aromatic heterocycles.